The molecule has 0 aliphatic carbocycles. The van der Waals surface area contributed by atoms with Crippen molar-refractivity contribution in [1.82, 2.24) is 5.32 Å². The van der Waals surface area contributed by atoms with Crippen LogP contribution in [-0.4, -0.2) is 23.0 Å². The average Bonchev–Trinajstić information content (AvgIpc) is 2.02. The molecule has 0 saturated carbocycles. The predicted molar refractivity (Wildman–Crippen MR) is 44.7 cm³/mol. The number of carbonyl (C=O) groups excluding carboxylic acids is 1. The smallest absolute Gasteiger partial charge is 0.312 e. The molecule has 0 aromatic carbocycles. The summed E-state index contributed by atoms with van der Waals surface area (Å²) in [6.45, 7) is 1.82. The van der Waals surface area contributed by atoms with Crippen molar-refractivity contribution in [3.05, 3.63) is 0 Å². The lowest BCUT2D eigenvalue weighted by molar-refractivity contribution is -0.140. The van der Waals surface area contributed by atoms with E-state index in [1.807, 2.05) is 13.0 Å². The van der Waals surface area contributed by atoms with Crippen molar-refractivity contribution in [2.75, 3.05) is 0 Å². The van der Waals surface area contributed by atoms with Crippen LogP contribution in [0.5, 0.6) is 0 Å². The molecule has 0 saturated heterocycles. The van der Waals surface area contributed by atoms with Gasteiger partial charge in [-0.2, -0.15) is 5.26 Å². The van der Waals surface area contributed by atoms with Crippen LogP contribution in [0.1, 0.15) is 26.2 Å². The lowest BCUT2D eigenvalue weighted by atomic mass is 10.1. The van der Waals surface area contributed by atoms with Crippen LogP contribution >= 0.6 is 0 Å². The van der Waals surface area contributed by atoms with Crippen LogP contribution in [0.15, 0.2) is 0 Å². The lowest BCUT2D eigenvalue weighted by Crippen LogP contribution is -2.35. The van der Waals surface area contributed by atoms with Gasteiger partial charge >= 0.3 is 5.97 Å². The van der Waals surface area contributed by atoms with Gasteiger partial charge in [-0.15, -0.1) is 0 Å². The number of nitrogens with zero attached hydrogens (tertiary/aromatic N) is 1. The number of carboxylic acids is 1. The van der Waals surface area contributed by atoms with Gasteiger partial charge in [-0.1, -0.05) is 6.92 Å². The third kappa shape index (κ3) is 5.67. The van der Waals surface area contributed by atoms with Crippen molar-refractivity contribution in [2.24, 2.45) is 0 Å². The Morgan fingerprint density at radius 1 is 1.62 bits per heavy atom. The quantitative estimate of drug-likeness (QED) is 0.600. The number of carbonyl (C=O) groups is 2. The highest BCUT2D eigenvalue weighted by molar-refractivity contribution is 5.93. The first-order valence-electron chi connectivity index (χ1n) is 3.98. The summed E-state index contributed by atoms with van der Waals surface area (Å²) < 4.78 is 0. The van der Waals surface area contributed by atoms with Gasteiger partial charge in [0.05, 0.1) is 12.5 Å². The second-order valence-corrected chi connectivity index (χ2v) is 2.61. The number of aliphatic carboxylic acids is 1. The Labute approximate surface area is 76.4 Å². The molecule has 0 radical (unpaired) electrons. The first-order valence-corrected chi connectivity index (χ1v) is 3.98. The Morgan fingerprint density at radius 3 is 2.62 bits per heavy atom. The van der Waals surface area contributed by atoms with E-state index in [2.05, 4.69) is 5.32 Å². The van der Waals surface area contributed by atoms with Gasteiger partial charge in [0.25, 0.3) is 0 Å². The maximum atomic E-state index is 10.9. The molecule has 0 aliphatic heterocycles. The number of amides is 1. The average molecular weight is 184 g/mol. The van der Waals surface area contributed by atoms with E-state index in [4.69, 9.17) is 10.4 Å². The standard InChI is InChI=1S/C8H12N2O3/c1-2-6(3-4-9)10-7(11)5-8(12)13/h6H,2-3,5H2,1H3,(H,10,11)(H,12,13). The number of hydrogen-bond donors (Lipinski definition) is 2. The molecule has 0 bridgehead atoms. The molecule has 1 unspecified atom stereocenters. The van der Waals surface area contributed by atoms with E-state index in [0.29, 0.717) is 6.42 Å². The predicted octanol–water partition coefficient (Wildman–Crippen LogP) is 0.270. The Bertz CT molecular complexity index is 232. The fourth-order valence-corrected chi connectivity index (χ4v) is 0.824. The van der Waals surface area contributed by atoms with Crippen LogP contribution < -0.4 is 5.32 Å². The first-order chi connectivity index (χ1) is 6.10. The van der Waals surface area contributed by atoms with Gasteiger partial charge in [-0.25, -0.2) is 0 Å². The maximum absolute atomic E-state index is 10.9. The number of nitriles is 1. The SMILES string of the molecule is CCC(CC#N)NC(=O)CC(=O)O. The first kappa shape index (κ1) is 11.4. The Kier molecular flexibility index (Phi) is 5.28. The van der Waals surface area contributed by atoms with Gasteiger partial charge in [0.15, 0.2) is 0 Å². The van der Waals surface area contributed by atoms with Crippen molar-refractivity contribution in [1.29, 1.82) is 5.26 Å². The molecule has 0 aliphatic rings. The van der Waals surface area contributed by atoms with Gasteiger partial charge in [0, 0.05) is 6.04 Å². The summed E-state index contributed by atoms with van der Waals surface area (Å²) in [7, 11) is 0. The van der Waals surface area contributed by atoms with E-state index in [0.717, 1.165) is 0 Å². The molecular weight excluding hydrogens is 172 g/mol. The van der Waals surface area contributed by atoms with Crippen LogP contribution in [0.4, 0.5) is 0 Å². The van der Waals surface area contributed by atoms with Crippen LogP contribution in [-0.2, 0) is 9.59 Å². The summed E-state index contributed by atoms with van der Waals surface area (Å²) in [6, 6.07) is 1.68. The highest BCUT2D eigenvalue weighted by Crippen LogP contribution is 1.96. The summed E-state index contributed by atoms with van der Waals surface area (Å²) >= 11 is 0. The molecule has 5 nitrogen and oxygen atoms in total. The molecule has 0 fully saturated rings. The zero-order valence-corrected chi connectivity index (χ0v) is 7.41. The van der Waals surface area contributed by atoms with E-state index >= 15 is 0 Å². The maximum Gasteiger partial charge on any atom is 0.312 e. The lowest BCUT2D eigenvalue weighted by Gasteiger charge is -2.11. The largest absolute Gasteiger partial charge is 0.481 e. The number of hydrogen-bond acceptors (Lipinski definition) is 3. The van der Waals surface area contributed by atoms with Gasteiger partial charge in [0.1, 0.15) is 6.42 Å². The monoisotopic (exact) mass is 184 g/mol. The summed E-state index contributed by atoms with van der Waals surface area (Å²) in [5.74, 6) is -1.71. The summed E-state index contributed by atoms with van der Waals surface area (Å²) in [5, 5.41) is 19.1. The molecule has 0 spiro atoms. The Hall–Kier alpha value is -1.57. The highest BCUT2D eigenvalue weighted by atomic mass is 16.4. The highest BCUT2D eigenvalue weighted by Gasteiger charge is 2.12. The fourth-order valence-electron chi connectivity index (χ4n) is 0.824. The third-order valence-corrected chi connectivity index (χ3v) is 1.51. The zero-order chi connectivity index (χ0) is 10.3. The molecule has 0 heterocycles. The Morgan fingerprint density at radius 2 is 2.23 bits per heavy atom. The minimum absolute atomic E-state index is 0.210. The molecule has 5 heteroatoms. The van der Waals surface area contributed by atoms with Gasteiger partial charge in [0.2, 0.25) is 5.91 Å². The van der Waals surface area contributed by atoms with Crippen LogP contribution in [0.25, 0.3) is 0 Å². The van der Waals surface area contributed by atoms with E-state index in [9.17, 15) is 9.59 Å². The van der Waals surface area contributed by atoms with Crippen molar-refractivity contribution < 1.29 is 14.7 Å². The van der Waals surface area contributed by atoms with E-state index in [1.165, 1.54) is 0 Å². The molecule has 72 valence electrons. The Balaban J connectivity index is 3.88. The van der Waals surface area contributed by atoms with Crippen LogP contribution in [0.3, 0.4) is 0 Å². The molecule has 1 atom stereocenters. The molecule has 0 aromatic heterocycles. The van der Waals surface area contributed by atoms with Gasteiger partial charge in [-0.05, 0) is 6.42 Å². The number of rotatable bonds is 5. The second-order valence-electron chi connectivity index (χ2n) is 2.61. The number of nitrogens with one attached hydrogen (secondary N) is 1. The molecule has 2 N–H and O–H groups in total. The topological polar surface area (TPSA) is 90.2 Å². The van der Waals surface area contributed by atoms with E-state index in [1.54, 1.807) is 0 Å². The van der Waals surface area contributed by atoms with E-state index < -0.39 is 18.3 Å². The van der Waals surface area contributed by atoms with Crippen molar-refractivity contribution >= 4 is 11.9 Å². The second kappa shape index (κ2) is 6.00. The molecular formula is C8H12N2O3. The van der Waals surface area contributed by atoms with Crippen molar-refractivity contribution in [3.63, 3.8) is 0 Å². The normalized spacial score (nSPS) is 11.4. The zero-order valence-electron chi connectivity index (χ0n) is 7.41. The van der Waals surface area contributed by atoms with E-state index in [-0.39, 0.29) is 12.5 Å². The fraction of sp³-hybridized carbons (Fsp3) is 0.625. The molecule has 0 rings (SSSR count). The minimum atomic E-state index is -1.16. The third-order valence-electron chi connectivity index (χ3n) is 1.51. The minimum Gasteiger partial charge on any atom is -0.481 e. The van der Waals surface area contributed by atoms with Crippen LogP contribution in [0.2, 0.25) is 0 Å². The van der Waals surface area contributed by atoms with Crippen molar-refractivity contribution in [3.8, 4) is 6.07 Å². The van der Waals surface area contributed by atoms with Gasteiger partial charge in [-0.3, -0.25) is 9.59 Å². The summed E-state index contributed by atoms with van der Waals surface area (Å²) in [6.07, 6.45) is 0.294. The molecule has 13 heavy (non-hydrogen) atoms. The van der Waals surface area contributed by atoms with Crippen molar-refractivity contribution in [2.45, 2.75) is 32.2 Å². The molecule has 1 amide bonds. The summed E-state index contributed by atoms with van der Waals surface area (Å²) in [4.78, 5) is 21.0. The number of carboxylic acid groups (broad SMARTS) is 1. The summed E-state index contributed by atoms with van der Waals surface area (Å²) in [5.41, 5.74) is 0. The molecule has 0 aromatic rings. The van der Waals surface area contributed by atoms with Gasteiger partial charge < -0.3 is 10.4 Å². The van der Waals surface area contributed by atoms with Crippen LogP contribution in [0, 0.1) is 11.3 Å².